The fourth-order valence-corrected chi connectivity index (χ4v) is 6.48. The molecule has 8 heteroatoms. The van der Waals surface area contributed by atoms with E-state index >= 15 is 0 Å². The standard InChI is InChI=1S/C25H23NO5S2/c1-16-8-7-13-26(16,25(30)31)23(28)22(33-24(29)17-9-3-2-4-10-17)14-20(27)19-15-32-21-12-6-5-11-18(19)21/h2-6,9-12,15-16,22H,7-8,13-14H2,1H3/p+1/t16-,22?,26?/m1/s1. The average molecular weight is 483 g/mol. The normalized spacial score (nSPS) is 21.1. The van der Waals surface area contributed by atoms with Crippen LogP contribution in [-0.2, 0) is 4.79 Å². The lowest BCUT2D eigenvalue weighted by atomic mass is 10.0. The quantitative estimate of drug-likeness (QED) is 0.362. The van der Waals surface area contributed by atoms with E-state index in [0.29, 0.717) is 24.0 Å². The molecule has 0 saturated carbocycles. The van der Waals surface area contributed by atoms with Gasteiger partial charge < -0.3 is 5.11 Å². The second kappa shape index (κ2) is 9.59. The maximum Gasteiger partial charge on any atom is 0.521 e. The van der Waals surface area contributed by atoms with E-state index in [4.69, 9.17) is 0 Å². The summed E-state index contributed by atoms with van der Waals surface area (Å²) in [6.45, 7) is 1.91. The van der Waals surface area contributed by atoms with Crippen molar-refractivity contribution in [1.82, 2.24) is 0 Å². The Morgan fingerprint density at radius 2 is 1.79 bits per heavy atom. The number of rotatable bonds is 6. The molecule has 1 N–H and O–H groups in total. The van der Waals surface area contributed by atoms with Gasteiger partial charge in [0.15, 0.2) is 5.78 Å². The summed E-state index contributed by atoms with van der Waals surface area (Å²) in [5, 5.41) is 11.1. The number of hydrogen-bond acceptors (Lipinski definition) is 6. The molecule has 3 aromatic rings. The number of quaternary nitrogens is 1. The number of carbonyl (C=O) groups is 4. The molecular formula is C25H24NO5S2+. The Labute approximate surface area is 199 Å². The summed E-state index contributed by atoms with van der Waals surface area (Å²) in [6, 6.07) is 15.6. The summed E-state index contributed by atoms with van der Waals surface area (Å²) >= 11 is 2.20. The SMILES string of the molecule is C[C@@H]1CCC[N+]1(C(=O)O)C(=O)C(CC(=O)c1csc2ccccc12)SC(=O)c1ccccc1. The van der Waals surface area contributed by atoms with Crippen LogP contribution in [0.3, 0.4) is 0 Å². The molecule has 4 rings (SSSR count). The van der Waals surface area contributed by atoms with Crippen LogP contribution in [0, 0.1) is 0 Å². The highest BCUT2D eigenvalue weighted by atomic mass is 32.2. The largest absolute Gasteiger partial charge is 0.521 e. The van der Waals surface area contributed by atoms with E-state index in [2.05, 4.69) is 0 Å². The van der Waals surface area contributed by atoms with Crippen LogP contribution in [0.2, 0.25) is 0 Å². The Bertz CT molecular complexity index is 1220. The Morgan fingerprint density at radius 1 is 1.09 bits per heavy atom. The van der Waals surface area contributed by atoms with Crippen molar-refractivity contribution in [1.29, 1.82) is 0 Å². The lowest BCUT2D eigenvalue weighted by Gasteiger charge is -2.32. The summed E-state index contributed by atoms with van der Waals surface area (Å²) in [6.07, 6.45) is -0.253. The highest BCUT2D eigenvalue weighted by molar-refractivity contribution is 8.15. The zero-order valence-corrected chi connectivity index (χ0v) is 19.7. The first kappa shape index (κ1) is 23.4. The third-order valence-corrected chi connectivity index (χ3v) is 8.37. The summed E-state index contributed by atoms with van der Waals surface area (Å²) in [7, 11) is 0. The molecule has 1 aromatic heterocycles. The molecule has 170 valence electrons. The van der Waals surface area contributed by atoms with Gasteiger partial charge in [0.05, 0.1) is 6.54 Å². The number of imide groups is 1. The van der Waals surface area contributed by atoms with Crippen molar-refractivity contribution < 1.29 is 28.8 Å². The van der Waals surface area contributed by atoms with Crippen LogP contribution in [0.15, 0.2) is 60.0 Å². The predicted octanol–water partition coefficient (Wildman–Crippen LogP) is 5.62. The van der Waals surface area contributed by atoms with Gasteiger partial charge in [0.25, 0.3) is 0 Å². The van der Waals surface area contributed by atoms with Crippen LogP contribution >= 0.6 is 23.1 Å². The first-order valence-electron chi connectivity index (χ1n) is 10.8. The molecule has 1 fully saturated rings. The van der Waals surface area contributed by atoms with Crippen molar-refractivity contribution in [3.8, 4) is 0 Å². The Morgan fingerprint density at radius 3 is 2.45 bits per heavy atom. The minimum absolute atomic E-state index is 0.168. The van der Waals surface area contributed by atoms with Gasteiger partial charge in [-0.1, -0.05) is 60.3 Å². The molecule has 2 amide bonds. The van der Waals surface area contributed by atoms with E-state index in [1.165, 1.54) is 11.3 Å². The molecular weight excluding hydrogens is 458 g/mol. The van der Waals surface area contributed by atoms with Gasteiger partial charge in [-0.3, -0.25) is 9.59 Å². The van der Waals surface area contributed by atoms with Gasteiger partial charge in [-0.2, -0.15) is 9.28 Å². The van der Waals surface area contributed by atoms with E-state index < -0.39 is 27.8 Å². The van der Waals surface area contributed by atoms with E-state index in [1.54, 1.807) is 42.6 Å². The number of likely N-dealkylation sites (tertiary alicyclic amines) is 1. The molecule has 3 atom stereocenters. The Kier molecular flexibility index (Phi) is 6.78. The Balaban J connectivity index is 1.67. The topological polar surface area (TPSA) is 88.5 Å². The number of ketones is 1. The van der Waals surface area contributed by atoms with Crippen molar-refractivity contribution in [2.24, 2.45) is 0 Å². The average Bonchev–Trinajstić information content (AvgIpc) is 3.43. The van der Waals surface area contributed by atoms with Gasteiger partial charge in [0.1, 0.15) is 11.3 Å². The first-order valence-corrected chi connectivity index (χ1v) is 12.5. The van der Waals surface area contributed by atoms with Gasteiger partial charge in [-0.25, -0.2) is 4.79 Å². The highest BCUT2D eigenvalue weighted by Gasteiger charge is 2.55. The maximum absolute atomic E-state index is 13.7. The second-order valence-electron chi connectivity index (χ2n) is 8.24. The molecule has 0 radical (unpaired) electrons. The monoisotopic (exact) mass is 482 g/mol. The molecule has 1 aliphatic heterocycles. The number of Topliss-reactive ketones (excluding diaryl/α,β-unsaturated/α-hetero) is 1. The van der Waals surface area contributed by atoms with Crippen molar-refractivity contribution in [2.45, 2.75) is 37.5 Å². The first-order chi connectivity index (χ1) is 15.8. The summed E-state index contributed by atoms with van der Waals surface area (Å²) in [5.74, 6) is -0.857. The number of carbonyl (C=O) groups excluding carboxylic acids is 3. The number of benzene rings is 2. The number of carboxylic acid groups (broad SMARTS) is 1. The summed E-state index contributed by atoms with van der Waals surface area (Å²) in [4.78, 5) is 52.3. The maximum atomic E-state index is 13.7. The van der Waals surface area contributed by atoms with Crippen LogP contribution in [0.4, 0.5) is 4.79 Å². The fourth-order valence-electron chi connectivity index (χ4n) is 4.46. The van der Waals surface area contributed by atoms with Crippen molar-refractivity contribution >= 4 is 56.1 Å². The van der Waals surface area contributed by atoms with Crippen LogP contribution in [0.1, 0.15) is 46.9 Å². The molecule has 0 bridgehead atoms. The van der Waals surface area contributed by atoms with Gasteiger partial charge in [0, 0.05) is 45.9 Å². The van der Waals surface area contributed by atoms with Gasteiger partial charge in [-0.05, 0) is 13.0 Å². The predicted molar refractivity (Wildman–Crippen MR) is 130 cm³/mol. The molecule has 2 heterocycles. The number of amides is 2. The van der Waals surface area contributed by atoms with E-state index in [-0.39, 0.29) is 23.9 Å². The van der Waals surface area contributed by atoms with Gasteiger partial charge in [0.2, 0.25) is 5.12 Å². The fraction of sp³-hybridized carbons (Fsp3) is 0.280. The number of hydrogen-bond donors (Lipinski definition) is 1. The molecule has 1 saturated heterocycles. The zero-order valence-electron chi connectivity index (χ0n) is 18.1. The molecule has 0 aliphatic carbocycles. The summed E-state index contributed by atoms with van der Waals surface area (Å²) in [5.41, 5.74) is 0.905. The van der Waals surface area contributed by atoms with Crippen LogP contribution in [0.25, 0.3) is 10.1 Å². The lowest BCUT2D eigenvalue weighted by Crippen LogP contribution is -2.61. The molecule has 0 spiro atoms. The molecule has 6 nitrogen and oxygen atoms in total. The van der Waals surface area contributed by atoms with Gasteiger partial charge in [-0.15, -0.1) is 11.3 Å². The number of nitrogens with zero attached hydrogens (tertiary/aromatic N) is 1. The minimum Gasteiger partial charge on any atom is -0.435 e. The number of fused-ring (bicyclic) bond motifs is 1. The zero-order chi connectivity index (χ0) is 23.6. The number of thioether (sulfide) groups is 1. The third-order valence-electron chi connectivity index (χ3n) is 6.31. The minimum atomic E-state index is -1.23. The van der Waals surface area contributed by atoms with Crippen molar-refractivity contribution in [3.05, 3.63) is 71.1 Å². The summed E-state index contributed by atoms with van der Waals surface area (Å²) < 4.78 is 0.219. The Hall–Kier alpha value is -2.81. The van der Waals surface area contributed by atoms with E-state index in [1.807, 2.05) is 24.3 Å². The molecule has 2 aromatic carbocycles. The van der Waals surface area contributed by atoms with E-state index in [0.717, 1.165) is 21.8 Å². The van der Waals surface area contributed by atoms with Crippen LogP contribution in [0.5, 0.6) is 0 Å². The molecule has 33 heavy (non-hydrogen) atoms. The number of thiophene rings is 1. The third kappa shape index (κ3) is 4.38. The molecule has 2 unspecified atom stereocenters. The van der Waals surface area contributed by atoms with Gasteiger partial charge >= 0.3 is 12.0 Å². The van der Waals surface area contributed by atoms with E-state index in [9.17, 15) is 24.3 Å². The lowest BCUT2D eigenvalue weighted by molar-refractivity contribution is -0.792. The second-order valence-corrected chi connectivity index (χ2v) is 10.3. The van der Waals surface area contributed by atoms with Crippen molar-refractivity contribution in [3.63, 3.8) is 0 Å². The van der Waals surface area contributed by atoms with Crippen molar-refractivity contribution in [2.75, 3.05) is 6.54 Å². The smallest absolute Gasteiger partial charge is 0.435 e. The highest BCUT2D eigenvalue weighted by Crippen LogP contribution is 2.35. The molecule has 1 aliphatic rings. The van der Waals surface area contributed by atoms with Crippen LogP contribution < -0.4 is 0 Å². The van der Waals surface area contributed by atoms with Crippen LogP contribution in [-0.4, -0.2) is 50.3 Å².